The molecule has 2 saturated heterocycles. The lowest BCUT2D eigenvalue weighted by atomic mass is 9.83. The van der Waals surface area contributed by atoms with Crippen LogP contribution in [0.5, 0.6) is 0 Å². The molecule has 0 radical (unpaired) electrons. The summed E-state index contributed by atoms with van der Waals surface area (Å²) in [5.74, 6) is -1.16. The Morgan fingerprint density at radius 1 is 0.981 bits per heavy atom. The van der Waals surface area contributed by atoms with E-state index in [0.717, 1.165) is 31.3 Å². The molecular weight excluding hydrogens is 680 g/mol. The van der Waals surface area contributed by atoms with Crippen LogP contribution in [-0.4, -0.2) is 141 Å². The summed E-state index contributed by atoms with van der Waals surface area (Å²) in [5.41, 5.74) is 16.0. The summed E-state index contributed by atoms with van der Waals surface area (Å²) in [6, 6.07) is -2.01. The number of carbonyl (C=O) groups is 1. The van der Waals surface area contributed by atoms with Crippen LogP contribution in [-0.2, 0) is 23.7 Å². The van der Waals surface area contributed by atoms with Gasteiger partial charge in [0, 0.05) is 38.2 Å². The van der Waals surface area contributed by atoms with Gasteiger partial charge in [-0.2, -0.15) is 0 Å². The highest BCUT2D eigenvalue weighted by atomic mass is 16.7. The van der Waals surface area contributed by atoms with Gasteiger partial charge in [-0.3, -0.25) is 9.79 Å². The maximum absolute atomic E-state index is 13.0. The number of hydrogen-bond donors (Lipinski definition) is 10. The second-order valence-corrected chi connectivity index (χ2v) is 14.1. The number of amides is 1. The van der Waals surface area contributed by atoms with Gasteiger partial charge < -0.3 is 71.5 Å². The number of aliphatic hydroxyl groups is 7. The molecule has 13 atom stereocenters. The van der Waals surface area contributed by atoms with Crippen molar-refractivity contribution in [2.75, 3.05) is 13.1 Å². The largest absolute Gasteiger partial charge is 0.512 e. The molecule has 1 amide bonds. The third-order valence-electron chi connectivity index (χ3n) is 9.41. The van der Waals surface area contributed by atoms with Crippen LogP contribution < -0.4 is 16.8 Å². The SMILES string of the molecule is CC(C)=CCC/C(C)=C/CC/C(C)=C/C=N/CCC(O)C(=O)NC1CC(N)C(OC2CC(O)C(O)C(CN)O2)C(OC2O/C(=C/O)C(O)C2O)C1O. The van der Waals surface area contributed by atoms with Crippen LogP contribution in [0, 0.1) is 0 Å². The lowest BCUT2D eigenvalue weighted by Gasteiger charge is -2.46. The van der Waals surface area contributed by atoms with E-state index in [1.165, 1.54) is 11.1 Å². The number of ether oxygens (including phenoxy) is 4. The third kappa shape index (κ3) is 12.7. The van der Waals surface area contributed by atoms with Crippen molar-refractivity contribution in [3.63, 3.8) is 0 Å². The smallest absolute Gasteiger partial charge is 0.249 e. The van der Waals surface area contributed by atoms with Crippen LogP contribution in [0.3, 0.4) is 0 Å². The molecule has 2 heterocycles. The quantitative estimate of drug-likeness (QED) is 0.0528. The maximum atomic E-state index is 13.0. The van der Waals surface area contributed by atoms with E-state index in [1.54, 1.807) is 6.21 Å². The first kappa shape index (κ1) is 43.7. The molecule has 0 spiro atoms. The first-order valence-corrected chi connectivity index (χ1v) is 17.9. The van der Waals surface area contributed by atoms with Gasteiger partial charge in [-0.05, 0) is 65.9 Å². The molecule has 1 saturated carbocycles. The maximum Gasteiger partial charge on any atom is 0.249 e. The summed E-state index contributed by atoms with van der Waals surface area (Å²) < 4.78 is 22.9. The Kier molecular flexibility index (Phi) is 17.8. The van der Waals surface area contributed by atoms with E-state index in [1.807, 2.05) is 13.0 Å². The predicted molar refractivity (Wildman–Crippen MR) is 192 cm³/mol. The van der Waals surface area contributed by atoms with E-state index in [0.29, 0.717) is 6.26 Å². The first-order chi connectivity index (χ1) is 24.7. The molecule has 12 N–H and O–H groups in total. The summed E-state index contributed by atoms with van der Waals surface area (Å²) in [7, 11) is 0. The molecular formula is C36H60N4O12. The minimum absolute atomic E-state index is 0.00907. The number of carbonyl (C=O) groups excluding carboxylic acids is 1. The Balaban J connectivity index is 1.59. The van der Waals surface area contributed by atoms with Crippen molar-refractivity contribution in [2.45, 2.75) is 152 Å². The lowest BCUT2D eigenvalue weighted by molar-refractivity contribution is -0.299. The van der Waals surface area contributed by atoms with Crippen molar-refractivity contribution in [1.82, 2.24) is 5.32 Å². The predicted octanol–water partition coefficient (Wildman–Crippen LogP) is -0.152. The number of nitrogens with two attached hydrogens (primary N) is 2. The Morgan fingerprint density at radius 2 is 1.67 bits per heavy atom. The summed E-state index contributed by atoms with van der Waals surface area (Å²) in [6.45, 7) is 8.40. The van der Waals surface area contributed by atoms with Gasteiger partial charge in [0.05, 0.1) is 12.1 Å². The van der Waals surface area contributed by atoms with Gasteiger partial charge in [0.1, 0.15) is 55.1 Å². The zero-order valence-corrected chi connectivity index (χ0v) is 30.5. The zero-order valence-electron chi connectivity index (χ0n) is 30.5. The number of aliphatic hydroxyl groups excluding tert-OH is 7. The van der Waals surface area contributed by atoms with Crippen molar-refractivity contribution in [2.24, 2.45) is 16.5 Å². The Labute approximate surface area is 305 Å². The highest BCUT2D eigenvalue weighted by Crippen LogP contribution is 2.33. The minimum Gasteiger partial charge on any atom is -0.512 e. The standard InChI is InChI=1S/C36H60N4O12/c1-19(2)7-5-8-20(3)9-6-10-21(4)11-13-39-14-12-24(42)35(48)40-23-15-22(38)33(51-28-16-25(43)30(45)26(17-37)49-28)34(29(23)44)52-36-32(47)31(46)27(18-41)50-36/h7,9,11,13,18,22-26,28-34,36,41-47H,5-6,8,10,12,14-17,37-38H2,1-4H3,(H,40,48)/b20-9+,21-11+,27-18+,39-13+. The van der Waals surface area contributed by atoms with Crippen LogP contribution >= 0.6 is 0 Å². The zero-order chi connectivity index (χ0) is 38.5. The third-order valence-corrected chi connectivity index (χ3v) is 9.41. The average molecular weight is 741 g/mol. The number of nitrogens with zero attached hydrogens (tertiary/aromatic N) is 1. The fourth-order valence-corrected chi connectivity index (χ4v) is 6.23. The number of aliphatic imine (C=N–C) groups is 1. The normalized spacial score (nSPS) is 35.8. The summed E-state index contributed by atoms with van der Waals surface area (Å²) in [5, 5.41) is 75.2. The summed E-state index contributed by atoms with van der Waals surface area (Å²) in [4.78, 5) is 17.3. The van der Waals surface area contributed by atoms with Gasteiger partial charge in [0.15, 0.2) is 12.0 Å². The fraction of sp³-hybridized carbons (Fsp3) is 0.722. The molecule has 1 aliphatic carbocycles. The lowest BCUT2D eigenvalue weighted by Crippen LogP contribution is -2.66. The molecule has 0 aromatic heterocycles. The highest BCUT2D eigenvalue weighted by Gasteiger charge is 2.51. The van der Waals surface area contributed by atoms with Crippen molar-refractivity contribution < 1.29 is 59.5 Å². The molecule has 0 bridgehead atoms. The Morgan fingerprint density at radius 3 is 2.33 bits per heavy atom. The Bertz CT molecular complexity index is 1290. The van der Waals surface area contributed by atoms with Gasteiger partial charge >= 0.3 is 0 Å². The molecule has 0 aromatic rings. The summed E-state index contributed by atoms with van der Waals surface area (Å²) >= 11 is 0. The monoisotopic (exact) mass is 740 g/mol. The molecule has 296 valence electrons. The van der Waals surface area contributed by atoms with Gasteiger partial charge in [-0.15, -0.1) is 0 Å². The van der Waals surface area contributed by atoms with Gasteiger partial charge in [-0.1, -0.05) is 28.9 Å². The molecule has 0 aromatic carbocycles. The topological polar surface area (TPSA) is 272 Å². The molecule has 16 heteroatoms. The van der Waals surface area contributed by atoms with E-state index in [2.05, 4.69) is 43.2 Å². The second kappa shape index (κ2) is 21.2. The van der Waals surface area contributed by atoms with E-state index in [-0.39, 0.29) is 38.1 Å². The molecule has 3 fully saturated rings. The fourth-order valence-electron chi connectivity index (χ4n) is 6.23. The molecule has 3 aliphatic rings. The van der Waals surface area contributed by atoms with Crippen LogP contribution in [0.1, 0.15) is 72.6 Å². The van der Waals surface area contributed by atoms with E-state index in [4.69, 9.17) is 30.4 Å². The van der Waals surface area contributed by atoms with Gasteiger partial charge in [0.2, 0.25) is 12.2 Å². The van der Waals surface area contributed by atoms with Crippen LogP contribution in [0.2, 0.25) is 0 Å². The minimum atomic E-state index is -1.67. The number of nitrogens with one attached hydrogen (secondary N) is 1. The second-order valence-electron chi connectivity index (χ2n) is 14.1. The van der Waals surface area contributed by atoms with Crippen LogP contribution in [0.15, 0.2) is 52.0 Å². The molecule has 52 heavy (non-hydrogen) atoms. The van der Waals surface area contributed by atoms with Crippen molar-refractivity contribution in [1.29, 1.82) is 0 Å². The van der Waals surface area contributed by atoms with Gasteiger partial charge in [-0.25, -0.2) is 0 Å². The molecule has 13 unspecified atom stereocenters. The average Bonchev–Trinajstić information content (AvgIpc) is 3.37. The molecule has 3 rings (SSSR count). The number of allylic oxidation sites excluding steroid dienone is 6. The van der Waals surface area contributed by atoms with E-state index in [9.17, 15) is 40.5 Å². The number of hydrogen-bond acceptors (Lipinski definition) is 15. The molecule has 16 nitrogen and oxygen atoms in total. The van der Waals surface area contributed by atoms with Crippen molar-refractivity contribution in [3.8, 4) is 0 Å². The number of rotatable bonds is 17. The van der Waals surface area contributed by atoms with Crippen molar-refractivity contribution >= 4 is 12.1 Å². The first-order valence-electron chi connectivity index (χ1n) is 17.9. The van der Waals surface area contributed by atoms with E-state index >= 15 is 0 Å². The Hall–Kier alpha value is -2.74. The van der Waals surface area contributed by atoms with Gasteiger partial charge in [0.25, 0.3) is 0 Å². The van der Waals surface area contributed by atoms with E-state index < -0.39 is 85.5 Å². The summed E-state index contributed by atoms with van der Waals surface area (Å²) in [6.07, 6.45) is -2.90. The van der Waals surface area contributed by atoms with Crippen LogP contribution in [0.25, 0.3) is 0 Å². The highest BCUT2D eigenvalue weighted by molar-refractivity contribution is 5.81. The van der Waals surface area contributed by atoms with Crippen LogP contribution in [0.4, 0.5) is 0 Å². The molecule has 2 aliphatic heterocycles. The van der Waals surface area contributed by atoms with Crippen molar-refractivity contribution in [3.05, 3.63) is 47.0 Å².